The summed E-state index contributed by atoms with van der Waals surface area (Å²) in [6, 6.07) is 6.10. The number of nitrogens with one attached hydrogen (secondary N) is 1. The van der Waals surface area contributed by atoms with Crippen LogP contribution in [0.15, 0.2) is 24.3 Å². The van der Waals surface area contributed by atoms with Crippen LogP contribution in [0.3, 0.4) is 0 Å². The molecular formula is C13H13N3O3S. The summed E-state index contributed by atoms with van der Waals surface area (Å²) in [5.41, 5.74) is 1.23. The van der Waals surface area contributed by atoms with E-state index in [0.717, 1.165) is 18.0 Å². The van der Waals surface area contributed by atoms with Gasteiger partial charge in [-0.15, -0.1) is 5.10 Å². The summed E-state index contributed by atoms with van der Waals surface area (Å²) in [5, 5.41) is 15.5. The van der Waals surface area contributed by atoms with Gasteiger partial charge in [-0.2, -0.15) is 0 Å². The lowest BCUT2D eigenvalue weighted by molar-refractivity contribution is 0.0696. The zero-order valence-corrected chi connectivity index (χ0v) is 11.6. The van der Waals surface area contributed by atoms with Crippen LogP contribution in [-0.2, 0) is 6.42 Å². The molecule has 6 nitrogen and oxygen atoms in total. The Morgan fingerprint density at radius 2 is 2.20 bits per heavy atom. The number of carbonyl (C=O) groups excluding carboxylic acids is 1. The molecule has 0 aliphatic carbocycles. The SMILES string of the molecule is CCCc1nnsc1C(=O)Nc1cccc(C(=O)O)c1. The number of hydrogen-bond donors (Lipinski definition) is 2. The molecule has 0 spiro atoms. The van der Waals surface area contributed by atoms with Crippen LogP contribution in [0.2, 0.25) is 0 Å². The number of aromatic nitrogens is 2. The van der Waals surface area contributed by atoms with Crippen molar-refractivity contribution in [3.05, 3.63) is 40.4 Å². The first-order chi connectivity index (χ1) is 9.61. The Morgan fingerprint density at radius 1 is 1.40 bits per heavy atom. The maximum atomic E-state index is 12.1. The van der Waals surface area contributed by atoms with Crippen molar-refractivity contribution < 1.29 is 14.7 Å². The molecule has 7 heteroatoms. The number of carbonyl (C=O) groups is 2. The summed E-state index contributed by atoms with van der Waals surface area (Å²) in [4.78, 5) is 23.5. The molecule has 0 radical (unpaired) electrons. The Hall–Kier alpha value is -2.28. The van der Waals surface area contributed by atoms with Crippen molar-refractivity contribution in [2.45, 2.75) is 19.8 Å². The molecule has 0 fully saturated rings. The van der Waals surface area contributed by atoms with E-state index in [1.54, 1.807) is 12.1 Å². The summed E-state index contributed by atoms with van der Waals surface area (Å²) in [6.45, 7) is 2.00. The van der Waals surface area contributed by atoms with Crippen molar-refractivity contribution in [3.63, 3.8) is 0 Å². The normalized spacial score (nSPS) is 10.2. The van der Waals surface area contributed by atoms with E-state index in [9.17, 15) is 9.59 Å². The van der Waals surface area contributed by atoms with Gasteiger partial charge >= 0.3 is 5.97 Å². The number of aromatic carboxylic acids is 1. The lowest BCUT2D eigenvalue weighted by Crippen LogP contribution is -2.13. The fourth-order valence-corrected chi connectivity index (χ4v) is 2.30. The van der Waals surface area contributed by atoms with Gasteiger partial charge in [-0.25, -0.2) is 4.79 Å². The van der Waals surface area contributed by atoms with Gasteiger partial charge in [-0.05, 0) is 36.2 Å². The Bertz CT molecular complexity index is 639. The highest BCUT2D eigenvalue weighted by atomic mass is 32.1. The minimum atomic E-state index is -1.03. The second-order valence-corrected chi connectivity index (χ2v) is 4.89. The first kappa shape index (κ1) is 14.1. The molecule has 0 aliphatic rings. The third kappa shape index (κ3) is 3.18. The van der Waals surface area contributed by atoms with E-state index >= 15 is 0 Å². The van der Waals surface area contributed by atoms with Gasteiger partial charge in [0.1, 0.15) is 4.88 Å². The van der Waals surface area contributed by atoms with E-state index in [0.29, 0.717) is 22.7 Å². The van der Waals surface area contributed by atoms with Gasteiger partial charge in [0, 0.05) is 5.69 Å². The molecule has 2 aromatic rings. The van der Waals surface area contributed by atoms with Crippen molar-refractivity contribution >= 4 is 29.1 Å². The highest BCUT2D eigenvalue weighted by Gasteiger charge is 2.16. The average molecular weight is 291 g/mol. The van der Waals surface area contributed by atoms with Crippen LogP contribution in [0.5, 0.6) is 0 Å². The Kier molecular flexibility index (Phi) is 4.41. The number of nitrogens with zero attached hydrogens (tertiary/aromatic N) is 2. The van der Waals surface area contributed by atoms with Crippen LogP contribution >= 0.6 is 11.5 Å². The van der Waals surface area contributed by atoms with Crippen LogP contribution in [0.25, 0.3) is 0 Å². The van der Waals surface area contributed by atoms with E-state index in [-0.39, 0.29) is 11.5 Å². The van der Waals surface area contributed by atoms with Crippen LogP contribution in [0.4, 0.5) is 5.69 Å². The minimum Gasteiger partial charge on any atom is -0.478 e. The quantitative estimate of drug-likeness (QED) is 0.882. The molecular weight excluding hydrogens is 278 g/mol. The first-order valence-electron chi connectivity index (χ1n) is 6.07. The summed E-state index contributed by atoms with van der Waals surface area (Å²) in [6.07, 6.45) is 1.56. The number of benzene rings is 1. The predicted molar refractivity (Wildman–Crippen MR) is 75.3 cm³/mol. The number of anilines is 1. The van der Waals surface area contributed by atoms with Crippen LogP contribution in [-0.4, -0.2) is 26.6 Å². The Morgan fingerprint density at radius 3 is 2.90 bits per heavy atom. The average Bonchev–Trinajstić information content (AvgIpc) is 2.88. The number of rotatable bonds is 5. The van der Waals surface area contributed by atoms with Gasteiger partial charge in [0.2, 0.25) is 0 Å². The third-order valence-corrected chi connectivity index (χ3v) is 3.38. The number of aryl methyl sites for hydroxylation is 1. The maximum absolute atomic E-state index is 12.1. The van der Waals surface area contributed by atoms with Gasteiger partial charge in [0.25, 0.3) is 5.91 Å². The second-order valence-electron chi connectivity index (χ2n) is 4.14. The molecule has 0 saturated heterocycles. The first-order valence-corrected chi connectivity index (χ1v) is 6.85. The van der Waals surface area contributed by atoms with Crippen molar-refractivity contribution in [3.8, 4) is 0 Å². The highest BCUT2D eigenvalue weighted by Crippen LogP contribution is 2.16. The number of carboxylic acid groups (broad SMARTS) is 1. The molecule has 1 amide bonds. The number of amides is 1. The topological polar surface area (TPSA) is 92.2 Å². The predicted octanol–water partition coefficient (Wildman–Crippen LogP) is 2.44. The van der Waals surface area contributed by atoms with Gasteiger partial charge in [-0.3, -0.25) is 4.79 Å². The summed E-state index contributed by atoms with van der Waals surface area (Å²) in [5.74, 6) is -1.35. The van der Waals surface area contributed by atoms with Crippen LogP contribution < -0.4 is 5.32 Å². The molecule has 20 heavy (non-hydrogen) atoms. The molecule has 1 aromatic carbocycles. The smallest absolute Gasteiger partial charge is 0.335 e. The largest absolute Gasteiger partial charge is 0.478 e. The maximum Gasteiger partial charge on any atom is 0.335 e. The minimum absolute atomic E-state index is 0.124. The lowest BCUT2D eigenvalue weighted by atomic mass is 10.2. The van der Waals surface area contributed by atoms with E-state index in [1.807, 2.05) is 6.92 Å². The third-order valence-electron chi connectivity index (χ3n) is 2.62. The van der Waals surface area contributed by atoms with Crippen molar-refractivity contribution in [1.82, 2.24) is 9.59 Å². The monoisotopic (exact) mass is 291 g/mol. The summed E-state index contributed by atoms with van der Waals surface area (Å²) >= 11 is 1.04. The second kappa shape index (κ2) is 6.25. The molecule has 1 heterocycles. The van der Waals surface area contributed by atoms with Gasteiger partial charge < -0.3 is 10.4 Å². The zero-order chi connectivity index (χ0) is 14.5. The van der Waals surface area contributed by atoms with Crippen molar-refractivity contribution in [2.75, 3.05) is 5.32 Å². The van der Waals surface area contributed by atoms with Crippen molar-refractivity contribution in [1.29, 1.82) is 0 Å². The Balaban J connectivity index is 2.17. The lowest BCUT2D eigenvalue weighted by Gasteiger charge is -2.05. The van der Waals surface area contributed by atoms with E-state index in [2.05, 4.69) is 14.9 Å². The molecule has 104 valence electrons. The van der Waals surface area contributed by atoms with E-state index in [4.69, 9.17) is 5.11 Å². The highest BCUT2D eigenvalue weighted by molar-refractivity contribution is 7.08. The zero-order valence-electron chi connectivity index (χ0n) is 10.8. The van der Waals surface area contributed by atoms with E-state index < -0.39 is 5.97 Å². The summed E-state index contributed by atoms with van der Waals surface area (Å²) < 4.78 is 3.79. The molecule has 0 unspecified atom stereocenters. The van der Waals surface area contributed by atoms with Gasteiger partial charge in [0.15, 0.2) is 0 Å². The summed E-state index contributed by atoms with van der Waals surface area (Å²) in [7, 11) is 0. The van der Waals surface area contributed by atoms with Gasteiger partial charge in [0.05, 0.1) is 11.3 Å². The molecule has 0 aliphatic heterocycles. The number of carboxylic acids is 1. The number of hydrogen-bond acceptors (Lipinski definition) is 5. The fraction of sp³-hybridized carbons (Fsp3) is 0.231. The van der Waals surface area contributed by atoms with Crippen LogP contribution in [0.1, 0.15) is 39.1 Å². The molecule has 0 bridgehead atoms. The van der Waals surface area contributed by atoms with Crippen molar-refractivity contribution in [2.24, 2.45) is 0 Å². The molecule has 1 aromatic heterocycles. The van der Waals surface area contributed by atoms with Gasteiger partial charge in [-0.1, -0.05) is 23.9 Å². The van der Waals surface area contributed by atoms with Crippen LogP contribution in [0, 0.1) is 0 Å². The standard InChI is InChI=1S/C13H13N3O3S/c1-2-4-10-11(20-16-15-10)12(17)14-9-6-3-5-8(7-9)13(18)19/h3,5-7H,2,4H2,1H3,(H,14,17)(H,18,19). The molecule has 2 N–H and O–H groups in total. The Labute approximate surface area is 119 Å². The fourth-order valence-electron chi connectivity index (χ4n) is 1.70. The molecule has 2 rings (SSSR count). The molecule has 0 atom stereocenters. The van der Waals surface area contributed by atoms with E-state index in [1.165, 1.54) is 12.1 Å². The molecule has 0 saturated carbocycles.